The van der Waals surface area contributed by atoms with E-state index in [1.807, 2.05) is 4.68 Å². The number of carbonyl (C=O) groups excluding carboxylic acids is 1. The van der Waals surface area contributed by atoms with Crippen LogP contribution in [-0.2, 0) is 11.0 Å². The summed E-state index contributed by atoms with van der Waals surface area (Å²) in [6.07, 6.45) is 4.15. The molecule has 9 heteroatoms. The smallest absolute Gasteiger partial charge is 0.325 e. The van der Waals surface area contributed by atoms with Crippen molar-refractivity contribution in [2.24, 2.45) is 0 Å². The van der Waals surface area contributed by atoms with Crippen molar-refractivity contribution in [3.63, 3.8) is 0 Å². The molecule has 29 heavy (non-hydrogen) atoms. The Hall–Kier alpha value is -2.97. The number of halogens is 3. The van der Waals surface area contributed by atoms with Gasteiger partial charge in [0.05, 0.1) is 28.9 Å². The van der Waals surface area contributed by atoms with E-state index in [0.717, 1.165) is 37.8 Å². The summed E-state index contributed by atoms with van der Waals surface area (Å²) in [5.41, 5.74) is 0.980. The van der Waals surface area contributed by atoms with Gasteiger partial charge >= 0.3 is 6.18 Å². The van der Waals surface area contributed by atoms with E-state index < -0.39 is 23.6 Å². The number of hydrogen-bond acceptors (Lipinski definition) is 4. The maximum atomic E-state index is 13.0. The fraction of sp³-hybridized carbons (Fsp3) is 0.400. The first-order valence-corrected chi connectivity index (χ1v) is 9.63. The van der Waals surface area contributed by atoms with Gasteiger partial charge in [0.25, 0.3) is 0 Å². The molecule has 1 N–H and O–H groups in total. The van der Waals surface area contributed by atoms with E-state index in [4.69, 9.17) is 0 Å². The molecular formula is C20H18F3N5O. The van der Waals surface area contributed by atoms with Crippen LogP contribution in [0.25, 0.3) is 11.0 Å². The molecule has 1 aromatic carbocycles. The Morgan fingerprint density at radius 2 is 1.90 bits per heavy atom. The van der Waals surface area contributed by atoms with Crippen molar-refractivity contribution in [3.05, 3.63) is 47.5 Å². The van der Waals surface area contributed by atoms with E-state index >= 15 is 0 Å². The summed E-state index contributed by atoms with van der Waals surface area (Å²) in [6, 6.07) is 3.58. The maximum absolute atomic E-state index is 13.0. The quantitative estimate of drug-likeness (QED) is 0.689. The van der Waals surface area contributed by atoms with E-state index in [0.29, 0.717) is 22.3 Å². The number of alkyl halides is 3. The SMILES string of the molecule is O=C1Nc2cc(C(F)(F)F)ccc2C1c1ncnc2c1cnn2C1CCCCC1. The van der Waals surface area contributed by atoms with Crippen LogP contribution in [0, 0.1) is 0 Å². The number of aromatic nitrogens is 4. The average Bonchev–Trinajstić information content (AvgIpc) is 3.27. The number of hydrogen-bond donors (Lipinski definition) is 1. The molecule has 150 valence electrons. The van der Waals surface area contributed by atoms with Gasteiger partial charge < -0.3 is 5.32 Å². The zero-order valence-corrected chi connectivity index (χ0v) is 15.4. The van der Waals surface area contributed by atoms with E-state index in [1.165, 1.54) is 18.8 Å². The Kier molecular flexibility index (Phi) is 4.07. The van der Waals surface area contributed by atoms with Crippen LogP contribution < -0.4 is 5.32 Å². The number of fused-ring (bicyclic) bond motifs is 2. The molecular weight excluding hydrogens is 383 g/mol. The van der Waals surface area contributed by atoms with E-state index in [-0.39, 0.29) is 11.7 Å². The first-order chi connectivity index (χ1) is 13.9. The van der Waals surface area contributed by atoms with Crippen LogP contribution in [-0.4, -0.2) is 25.7 Å². The molecule has 6 nitrogen and oxygen atoms in total. The summed E-state index contributed by atoms with van der Waals surface area (Å²) in [7, 11) is 0. The molecule has 2 aliphatic rings. The fourth-order valence-corrected chi connectivity index (χ4v) is 4.41. The van der Waals surface area contributed by atoms with Crippen LogP contribution in [0.4, 0.5) is 18.9 Å². The van der Waals surface area contributed by atoms with Gasteiger partial charge in [-0.15, -0.1) is 0 Å². The van der Waals surface area contributed by atoms with Gasteiger partial charge in [0, 0.05) is 5.69 Å². The minimum absolute atomic E-state index is 0.168. The second-order valence-electron chi connectivity index (χ2n) is 7.60. The highest BCUT2D eigenvalue weighted by Crippen LogP contribution is 2.42. The Labute approximate surface area is 164 Å². The van der Waals surface area contributed by atoms with Crippen molar-refractivity contribution >= 4 is 22.6 Å². The van der Waals surface area contributed by atoms with Crippen molar-refractivity contribution in [2.75, 3.05) is 5.32 Å². The highest BCUT2D eigenvalue weighted by Gasteiger charge is 2.38. The van der Waals surface area contributed by atoms with E-state index in [9.17, 15) is 18.0 Å². The molecule has 0 bridgehead atoms. The standard InChI is InChI=1S/C20H18F3N5O/c21-20(22,23)11-6-7-13-15(8-11)27-19(29)16(13)17-14-9-26-28(18(14)25-10-24-17)12-4-2-1-3-5-12/h6-10,12,16H,1-5H2,(H,27,29). The summed E-state index contributed by atoms with van der Waals surface area (Å²) in [6.45, 7) is 0. The third-order valence-corrected chi connectivity index (χ3v) is 5.83. The minimum Gasteiger partial charge on any atom is -0.325 e. The largest absolute Gasteiger partial charge is 0.416 e. The van der Waals surface area contributed by atoms with Gasteiger partial charge in [0.15, 0.2) is 5.65 Å². The van der Waals surface area contributed by atoms with E-state index in [2.05, 4.69) is 20.4 Å². The van der Waals surface area contributed by atoms with Crippen molar-refractivity contribution in [1.82, 2.24) is 19.7 Å². The summed E-state index contributed by atoms with van der Waals surface area (Å²) >= 11 is 0. The number of anilines is 1. The number of rotatable bonds is 2. The van der Waals surface area contributed by atoms with Crippen LogP contribution in [0.5, 0.6) is 0 Å². The lowest BCUT2D eigenvalue weighted by molar-refractivity contribution is -0.137. The van der Waals surface area contributed by atoms with Crippen molar-refractivity contribution < 1.29 is 18.0 Å². The minimum atomic E-state index is -4.47. The molecule has 0 saturated heterocycles. The molecule has 0 spiro atoms. The summed E-state index contributed by atoms with van der Waals surface area (Å²) in [5, 5.41) is 7.74. The van der Waals surface area contributed by atoms with E-state index in [1.54, 1.807) is 6.20 Å². The van der Waals surface area contributed by atoms with Crippen LogP contribution in [0.15, 0.2) is 30.7 Å². The van der Waals surface area contributed by atoms with Crippen molar-refractivity contribution in [3.8, 4) is 0 Å². The van der Waals surface area contributed by atoms with Crippen molar-refractivity contribution in [1.29, 1.82) is 0 Å². The zero-order valence-electron chi connectivity index (χ0n) is 15.4. The molecule has 1 aliphatic carbocycles. The fourth-order valence-electron chi connectivity index (χ4n) is 4.41. The highest BCUT2D eigenvalue weighted by molar-refractivity contribution is 6.06. The lowest BCUT2D eigenvalue weighted by Gasteiger charge is -2.22. The zero-order chi connectivity index (χ0) is 20.2. The van der Waals surface area contributed by atoms with Gasteiger partial charge in [-0.2, -0.15) is 18.3 Å². The molecule has 1 saturated carbocycles. The summed E-state index contributed by atoms with van der Waals surface area (Å²) in [5.74, 6) is -1.19. The molecule has 0 radical (unpaired) electrons. The van der Waals surface area contributed by atoms with Gasteiger partial charge in [0.2, 0.25) is 5.91 Å². The predicted octanol–water partition coefficient (Wildman–Crippen LogP) is 4.43. The first kappa shape index (κ1) is 18.1. The Bertz CT molecular complexity index is 1100. The maximum Gasteiger partial charge on any atom is 0.416 e. The second-order valence-corrected chi connectivity index (χ2v) is 7.60. The molecule has 1 fully saturated rings. The van der Waals surface area contributed by atoms with Gasteiger partial charge in [-0.3, -0.25) is 4.79 Å². The summed E-state index contributed by atoms with van der Waals surface area (Å²) in [4.78, 5) is 21.4. The predicted molar refractivity (Wildman–Crippen MR) is 99.4 cm³/mol. The monoisotopic (exact) mass is 401 g/mol. The summed E-state index contributed by atoms with van der Waals surface area (Å²) < 4.78 is 41.0. The highest BCUT2D eigenvalue weighted by atomic mass is 19.4. The number of amides is 1. The van der Waals surface area contributed by atoms with Gasteiger partial charge in [-0.1, -0.05) is 25.3 Å². The van der Waals surface area contributed by atoms with Crippen LogP contribution in [0.3, 0.4) is 0 Å². The van der Waals surface area contributed by atoms with Gasteiger partial charge in [-0.05, 0) is 30.5 Å². The van der Waals surface area contributed by atoms with Crippen LogP contribution >= 0.6 is 0 Å². The third kappa shape index (κ3) is 2.95. The molecule has 3 aromatic rings. The third-order valence-electron chi connectivity index (χ3n) is 5.83. The van der Waals surface area contributed by atoms with Gasteiger partial charge in [0.1, 0.15) is 12.2 Å². The topological polar surface area (TPSA) is 72.7 Å². The Morgan fingerprint density at radius 1 is 1.10 bits per heavy atom. The molecule has 1 aliphatic heterocycles. The van der Waals surface area contributed by atoms with Crippen LogP contribution in [0.2, 0.25) is 0 Å². The molecule has 5 rings (SSSR count). The Balaban J connectivity index is 1.58. The number of benzene rings is 1. The molecule has 1 amide bonds. The van der Waals surface area contributed by atoms with Crippen LogP contribution in [0.1, 0.15) is 60.9 Å². The normalized spacial score (nSPS) is 20.1. The lowest BCUT2D eigenvalue weighted by atomic mass is 9.94. The first-order valence-electron chi connectivity index (χ1n) is 9.63. The Morgan fingerprint density at radius 3 is 2.66 bits per heavy atom. The van der Waals surface area contributed by atoms with Gasteiger partial charge in [-0.25, -0.2) is 14.6 Å². The molecule has 1 unspecified atom stereocenters. The average molecular weight is 401 g/mol. The van der Waals surface area contributed by atoms with Crippen molar-refractivity contribution in [2.45, 2.75) is 50.2 Å². The number of carbonyl (C=O) groups is 1. The number of nitrogens with one attached hydrogen (secondary N) is 1. The number of nitrogens with zero attached hydrogens (tertiary/aromatic N) is 4. The molecule has 1 atom stereocenters. The second kappa shape index (κ2) is 6.53. The molecule has 2 aromatic heterocycles. The lowest BCUT2D eigenvalue weighted by Crippen LogP contribution is -2.16. The molecule has 3 heterocycles.